The normalized spacial score (nSPS) is 19.6. The second-order valence-electron chi connectivity index (χ2n) is 8.94. The summed E-state index contributed by atoms with van der Waals surface area (Å²) in [5.74, 6) is -0.0834. The highest BCUT2D eigenvalue weighted by Crippen LogP contribution is 2.43. The van der Waals surface area contributed by atoms with Crippen molar-refractivity contribution in [1.82, 2.24) is 14.8 Å². The number of esters is 1. The lowest BCUT2D eigenvalue weighted by Gasteiger charge is -2.36. The number of carbonyl (C=O) groups excluding carboxylic acids is 2. The van der Waals surface area contributed by atoms with Crippen LogP contribution in [0.25, 0.3) is 10.9 Å². The first-order valence-corrected chi connectivity index (χ1v) is 10.8. The highest BCUT2D eigenvalue weighted by Gasteiger charge is 2.50. The summed E-state index contributed by atoms with van der Waals surface area (Å²) < 4.78 is 5.63. The molecule has 2 aliphatic rings. The topological polar surface area (TPSA) is 100 Å². The number of hydrogen-bond acceptors (Lipinski definition) is 6. The van der Waals surface area contributed by atoms with Gasteiger partial charge >= 0.3 is 5.97 Å². The minimum Gasteiger partial charge on any atom is -0.483 e. The van der Waals surface area contributed by atoms with Crippen LogP contribution in [-0.4, -0.2) is 78.1 Å². The molecule has 1 amide bonds. The van der Waals surface area contributed by atoms with Gasteiger partial charge in [0.05, 0.1) is 22.2 Å². The van der Waals surface area contributed by atoms with Gasteiger partial charge in [-0.2, -0.15) is 0 Å². The minimum absolute atomic E-state index is 0.00413. The summed E-state index contributed by atoms with van der Waals surface area (Å²) in [6.07, 6.45) is 2.04. The molecule has 1 atom stereocenters. The van der Waals surface area contributed by atoms with Crippen LogP contribution < -0.4 is 0 Å². The van der Waals surface area contributed by atoms with Crippen molar-refractivity contribution in [3.05, 3.63) is 41.1 Å². The number of aromatic nitrogens is 1. The molecule has 4 rings (SSSR count). The standard InChI is InChI=1S/C23H29N3O3.CH2O2/c1-15-6-5-7-17-12-19(16(2)24-20(15)17)21(27)26-10-8-23(9-11-26)13-18(14-25(3)4)29-22(23)28;2-1-3/h5-7,12,18H,8-11,13-14H2,1-4H3;1H,(H,2,3). The number of piperidine rings is 1. The summed E-state index contributed by atoms with van der Waals surface area (Å²) in [6, 6.07) is 7.97. The van der Waals surface area contributed by atoms with Crippen LogP contribution in [0.1, 0.15) is 40.9 Å². The van der Waals surface area contributed by atoms with E-state index in [1.165, 1.54) is 0 Å². The van der Waals surface area contributed by atoms with Crippen molar-refractivity contribution in [2.75, 3.05) is 33.7 Å². The maximum atomic E-state index is 13.2. The van der Waals surface area contributed by atoms with Gasteiger partial charge in [0.15, 0.2) is 0 Å². The van der Waals surface area contributed by atoms with E-state index in [9.17, 15) is 9.59 Å². The van der Waals surface area contributed by atoms with Crippen LogP contribution in [0, 0.1) is 19.3 Å². The fourth-order valence-corrected chi connectivity index (χ4v) is 4.72. The molecule has 1 spiro atoms. The third-order valence-electron chi connectivity index (χ3n) is 6.37. The van der Waals surface area contributed by atoms with Crippen molar-refractivity contribution in [2.45, 2.75) is 39.2 Å². The Bertz CT molecular complexity index is 1010. The number of aryl methyl sites for hydroxylation is 2. The Morgan fingerprint density at radius 3 is 2.59 bits per heavy atom. The predicted molar refractivity (Wildman–Crippen MR) is 121 cm³/mol. The molecule has 3 heterocycles. The Morgan fingerprint density at radius 2 is 1.97 bits per heavy atom. The van der Waals surface area contributed by atoms with Crippen molar-refractivity contribution in [2.24, 2.45) is 5.41 Å². The van der Waals surface area contributed by atoms with Crippen LogP contribution in [-0.2, 0) is 14.3 Å². The number of amides is 1. The zero-order chi connectivity index (χ0) is 23.5. The number of para-hydroxylation sites is 1. The fraction of sp³-hybridized carbons (Fsp3) is 0.500. The number of cyclic esters (lactones) is 1. The maximum absolute atomic E-state index is 13.2. The third kappa shape index (κ3) is 4.75. The first-order chi connectivity index (χ1) is 15.2. The molecular formula is C24H31N3O5. The highest BCUT2D eigenvalue weighted by molar-refractivity contribution is 5.99. The lowest BCUT2D eigenvalue weighted by molar-refractivity contribution is -0.150. The Kier molecular flexibility index (Phi) is 7.13. The van der Waals surface area contributed by atoms with Crippen LogP contribution in [0.4, 0.5) is 0 Å². The molecular weight excluding hydrogens is 410 g/mol. The number of nitrogens with zero attached hydrogens (tertiary/aromatic N) is 3. The summed E-state index contributed by atoms with van der Waals surface area (Å²) in [6.45, 7) is 5.58. The van der Waals surface area contributed by atoms with Crippen molar-refractivity contribution >= 4 is 29.3 Å². The van der Waals surface area contributed by atoms with Crippen molar-refractivity contribution < 1.29 is 24.2 Å². The number of likely N-dealkylation sites (tertiary alicyclic amines) is 1. The summed E-state index contributed by atoms with van der Waals surface area (Å²) in [7, 11) is 3.98. The number of carboxylic acid groups (broad SMARTS) is 1. The molecule has 1 aromatic heterocycles. The molecule has 0 saturated carbocycles. The van der Waals surface area contributed by atoms with E-state index >= 15 is 0 Å². The number of carbonyl (C=O) groups is 3. The predicted octanol–water partition coefficient (Wildman–Crippen LogP) is 2.65. The van der Waals surface area contributed by atoms with Crippen LogP contribution in [0.15, 0.2) is 24.3 Å². The van der Waals surface area contributed by atoms with E-state index in [2.05, 4.69) is 4.98 Å². The average molecular weight is 442 g/mol. The van der Waals surface area contributed by atoms with Gasteiger partial charge < -0.3 is 19.6 Å². The van der Waals surface area contributed by atoms with E-state index in [1.54, 1.807) is 0 Å². The summed E-state index contributed by atoms with van der Waals surface area (Å²) in [4.78, 5) is 42.7. The largest absolute Gasteiger partial charge is 0.483 e. The van der Waals surface area contributed by atoms with Crippen LogP contribution in [0.3, 0.4) is 0 Å². The Morgan fingerprint density at radius 1 is 1.31 bits per heavy atom. The molecule has 32 heavy (non-hydrogen) atoms. The zero-order valence-corrected chi connectivity index (χ0v) is 19.1. The average Bonchev–Trinajstić information content (AvgIpc) is 3.02. The molecule has 8 nitrogen and oxygen atoms in total. The van der Waals surface area contributed by atoms with E-state index in [0.29, 0.717) is 31.5 Å². The molecule has 1 aromatic carbocycles. The quantitative estimate of drug-likeness (QED) is 0.577. The number of fused-ring (bicyclic) bond motifs is 1. The van der Waals surface area contributed by atoms with Gasteiger partial charge in [0.25, 0.3) is 12.4 Å². The number of rotatable bonds is 3. The number of ether oxygens (including phenoxy) is 1. The SMILES string of the molecule is Cc1nc2c(C)cccc2cc1C(=O)N1CCC2(CC1)CC(CN(C)C)OC2=O.O=CO. The fourth-order valence-electron chi connectivity index (χ4n) is 4.72. The second kappa shape index (κ2) is 9.65. The first-order valence-electron chi connectivity index (χ1n) is 10.8. The van der Waals surface area contributed by atoms with E-state index in [1.807, 2.05) is 62.0 Å². The van der Waals surface area contributed by atoms with Crippen molar-refractivity contribution in [3.63, 3.8) is 0 Å². The number of benzene rings is 1. The van der Waals surface area contributed by atoms with Crippen LogP contribution >= 0.6 is 0 Å². The van der Waals surface area contributed by atoms with E-state index < -0.39 is 5.41 Å². The smallest absolute Gasteiger partial charge is 0.312 e. The molecule has 0 radical (unpaired) electrons. The van der Waals surface area contributed by atoms with E-state index in [0.717, 1.165) is 35.1 Å². The Balaban J connectivity index is 0.000000913. The molecule has 0 aliphatic carbocycles. The van der Waals surface area contributed by atoms with Gasteiger partial charge in [-0.25, -0.2) is 0 Å². The summed E-state index contributed by atoms with van der Waals surface area (Å²) >= 11 is 0. The van der Waals surface area contributed by atoms with Gasteiger partial charge in [0.1, 0.15) is 6.10 Å². The number of pyridine rings is 1. The molecule has 172 valence electrons. The molecule has 2 aliphatic heterocycles. The molecule has 1 unspecified atom stereocenters. The summed E-state index contributed by atoms with van der Waals surface area (Å²) in [5.41, 5.74) is 3.03. The number of likely N-dealkylation sites (N-methyl/N-ethyl adjacent to an activating group) is 1. The van der Waals surface area contributed by atoms with Gasteiger partial charge in [-0.3, -0.25) is 19.4 Å². The zero-order valence-electron chi connectivity index (χ0n) is 19.1. The molecule has 2 fully saturated rings. The second-order valence-corrected chi connectivity index (χ2v) is 8.94. The third-order valence-corrected chi connectivity index (χ3v) is 6.37. The van der Waals surface area contributed by atoms with Crippen LogP contribution in [0.2, 0.25) is 0 Å². The van der Waals surface area contributed by atoms with E-state index in [-0.39, 0.29) is 24.5 Å². The lowest BCUT2D eigenvalue weighted by atomic mass is 9.76. The first kappa shape index (κ1) is 23.7. The highest BCUT2D eigenvalue weighted by atomic mass is 16.6. The van der Waals surface area contributed by atoms with Gasteiger partial charge in [-0.05, 0) is 52.4 Å². The lowest BCUT2D eigenvalue weighted by Crippen LogP contribution is -2.45. The van der Waals surface area contributed by atoms with Crippen LogP contribution in [0.5, 0.6) is 0 Å². The van der Waals surface area contributed by atoms with Gasteiger partial charge in [0, 0.05) is 31.4 Å². The minimum atomic E-state index is -0.425. The molecule has 8 heteroatoms. The van der Waals surface area contributed by atoms with E-state index in [4.69, 9.17) is 14.6 Å². The maximum Gasteiger partial charge on any atom is 0.312 e. The monoisotopic (exact) mass is 441 g/mol. The Labute approximate surface area is 188 Å². The summed E-state index contributed by atoms with van der Waals surface area (Å²) in [5, 5.41) is 7.87. The van der Waals surface area contributed by atoms with Gasteiger partial charge in [-0.1, -0.05) is 18.2 Å². The Hall–Kier alpha value is -3.00. The number of hydrogen-bond donors (Lipinski definition) is 1. The van der Waals surface area contributed by atoms with Crippen molar-refractivity contribution in [1.29, 1.82) is 0 Å². The van der Waals surface area contributed by atoms with Crippen molar-refractivity contribution in [3.8, 4) is 0 Å². The molecule has 1 N–H and O–H groups in total. The molecule has 0 bridgehead atoms. The molecule has 2 saturated heterocycles. The molecule has 2 aromatic rings. The van der Waals surface area contributed by atoms with Gasteiger partial charge in [0.2, 0.25) is 0 Å². The van der Waals surface area contributed by atoms with Gasteiger partial charge in [-0.15, -0.1) is 0 Å².